The number of halogens is 1. The van der Waals surface area contributed by atoms with Crippen LogP contribution in [0.5, 0.6) is 0 Å². The van der Waals surface area contributed by atoms with Crippen LogP contribution < -0.4 is 11.1 Å². The number of amides is 1. The lowest BCUT2D eigenvalue weighted by Gasteiger charge is -2.06. The molecule has 1 amide bonds. The summed E-state index contributed by atoms with van der Waals surface area (Å²) in [5, 5.41) is 2.78. The molecule has 0 aromatic rings. The molecule has 0 spiro atoms. The predicted octanol–water partition coefficient (Wildman–Crippen LogP) is -0.109. The van der Waals surface area contributed by atoms with Gasteiger partial charge in [0, 0.05) is 0 Å². The highest BCUT2D eigenvalue weighted by Crippen LogP contribution is 1.84. The van der Waals surface area contributed by atoms with E-state index >= 15 is 0 Å². The maximum absolute atomic E-state index is 10.3. The standard InChI is InChI=1S/C5H12N2O.ClH/c1-3-4(7-2)5(6)8;/h4,7H,3H2,1-2H3,(H2,6,8);1H/t4-;/m0./s1. The Balaban J connectivity index is 0. The Hall–Kier alpha value is -0.280. The Morgan fingerprint density at radius 2 is 2.22 bits per heavy atom. The van der Waals surface area contributed by atoms with E-state index in [0.29, 0.717) is 0 Å². The van der Waals surface area contributed by atoms with Gasteiger partial charge in [-0.05, 0) is 13.5 Å². The maximum atomic E-state index is 10.3. The van der Waals surface area contributed by atoms with Gasteiger partial charge in [0.2, 0.25) is 5.91 Å². The minimum Gasteiger partial charge on any atom is -0.368 e. The zero-order chi connectivity index (χ0) is 6.57. The minimum absolute atomic E-state index is 0. The first-order chi connectivity index (χ1) is 3.72. The van der Waals surface area contributed by atoms with Gasteiger partial charge in [-0.1, -0.05) is 6.92 Å². The lowest BCUT2D eigenvalue weighted by Crippen LogP contribution is -2.38. The third-order valence-corrected chi connectivity index (χ3v) is 1.10. The number of nitrogens with two attached hydrogens (primary N) is 1. The topological polar surface area (TPSA) is 55.1 Å². The van der Waals surface area contributed by atoms with E-state index in [4.69, 9.17) is 5.73 Å². The van der Waals surface area contributed by atoms with Crippen molar-refractivity contribution in [2.45, 2.75) is 19.4 Å². The lowest BCUT2D eigenvalue weighted by atomic mass is 10.2. The number of nitrogens with one attached hydrogen (secondary N) is 1. The Morgan fingerprint density at radius 3 is 2.22 bits per heavy atom. The van der Waals surface area contributed by atoms with Gasteiger partial charge in [-0.25, -0.2) is 0 Å². The van der Waals surface area contributed by atoms with Crippen molar-refractivity contribution in [2.24, 2.45) is 5.73 Å². The molecule has 0 unspecified atom stereocenters. The van der Waals surface area contributed by atoms with E-state index < -0.39 is 0 Å². The van der Waals surface area contributed by atoms with Gasteiger partial charge >= 0.3 is 0 Å². The molecule has 3 N–H and O–H groups in total. The van der Waals surface area contributed by atoms with Crippen molar-refractivity contribution in [3.8, 4) is 0 Å². The molecule has 0 rings (SSSR count). The zero-order valence-electron chi connectivity index (χ0n) is 5.68. The molecule has 9 heavy (non-hydrogen) atoms. The molecule has 3 nitrogen and oxygen atoms in total. The number of primary amides is 1. The van der Waals surface area contributed by atoms with Crippen LogP contribution in [0.15, 0.2) is 0 Å². The van der Waals surface area contributed by atoms with E-state index in [1.165, 1.54) is 0 Å². The summed E-state index contributed by atoms with van der Waals surface area (Å²) >= 11 is 0. The second kappa shape index (κ2) is 5.85. The molecule has 0 fully saturated rings. The monoisotopic (exact) mass is 152 g/mol. The van der Waals surface area contributed by atoms with Crippen molar-refractivity contribution in [1.29, 1.82) is 0 Å². The molecule has 0 aliphatic rings. The van der Waals surface area contributed by atoms with Crippen LogP contribution in [0, 0.1) is 0 Å². The highest BCUT2D eigenvalue weighted by Gasteiger charge is 2.07. The molecule has 0 saturated heterocycles. The first-order valence-corrected chi connectivity index (χ1v) is 2.69. The van der Waals surface area contributed by atoms with Crippen LogP contribution in [0.2, 0.25) is 0 Å². The van der Waals surface area contributed by atoms with Crippen molar-refractivity contribution >= 4 is 18.3 Å². The number of carbonyl (C=O) groups is 1. The normalized spacial score (nSPS) is 11.8. The van der Waals surface area contributed by atoms with Crippen molar-refractivity contribution in [2.75, 3.05) is 7.05 Å². The summed E-state index contributed by atoms with van der Waals surface area (Å²) in [4.78, 5) is 10.3. The first-order valence-electron chi connectivity index (χ1n) is 2.69. The quantitative estimate of drug-likeness (QED) is 0.593. The van der Waals surface area contributed by atoms with Crippen LogP contribution in [0.1, 0.15) is 13.3 Å². The number of hydrogen-bond donors (Lipinski definition) is 2. The van der Waals surface area contributed by atoms with Gasteiger partial charge in [-0.15, -0.1) is 12.4 Å². The van der Waals surface area contributed by atoms with Gasteiger partial charge in [0.15, 0.2) is 0 Å². The smallest absolute Gasteiger partial charge is 0.234 e. The number of hydrogen-bond acceptors (Lipinski definition) is 2. The molecule has 1 atom stereocenters. The van der Waals surface area contributed by atoms with Gasteiger partial charge in [0.1, 0.15) is 0 Å². The zero-order valence-corrected chi connectivity index (χ0v) is 6.49. The molecule has 56 valence electrons. The van der Waals surface area contributed by atoms with Crippen molar-refractivity contribution in [1.82, 2.24) is 5.32 Å². The molecule has 0 aromatic carbocycles. The molecule has 0 bridgehead atoms. The van der Waals surface area contributed by atoms with Gasteiger partial charge in [-0.3, -0.25) is 4.79 Å². The van der Waals surface area contributed by atoms with Crippen molar-refractivity contribution in [3.05, 3.63) is 0 Å². The van der Waals surface area contributed by atoms with E-state index in [2.05, 4.69) is 5.32 Å². The van der Waals surface area contributed by atoms with Crippen LogP contribution >= 0.6 is 12.4 Å². The fourth-order valence-corrected chi connectivity index (χ4v) is 0.548. The van der Waals surface area contributed by atoms with E-state index in [1.807, 2.05) is 6.92 Å². The molecular weight excluding hydrogens is 140 g/mol. The Labute approximate surface area is 61.4 Å². The van der Waals surface area contributed by atoms with Crippen LogP contribution in [0.4, 0.5) is 0 Å². The third-order valence-electron chi connectivity index (χ3n) is 1.10. The maximum Gasteiger partial charge on any atom is 0.234 e. The summed E-state index contributed by atoms with van der Waals surface area (Å²) in [5.41, 5.74) is 4.96. The fourth-order valence-electron chi connectivity index (χ4n) is 0.548. The largest absolute Gasteiger partial charge is 0.368 e. The summed E-state index contributed by atoms with van der Waals surface area (Å²) in [5.74, 6) is -0.282. The van der Waals surface area contributed by atoms with Crippen molar-refractivity contribution in [3.63, 3.8) is 0 Å². The molecule has 0 aliphatic heterocycles. The average molecular weight is 153 g/mol. The van der Waals surface area contributed by atoms with Gasteiger partial charge in [-0.2, -0.15) is 0 Å². The minimum atomic E-state index is -0.282. The number of carbonyl (C=O) groups excluding carboxylic acids is 1. The van der Waals surface area contributed by atoms with E-state index in [1.54, 1.807) is 7.05 Å². The average Bonchev–Trinajstić information content (AvgIpc) is 1.69. The summed E-state index contributed by atoms with van der Waals surface area (Å²) in [6, 6.07) is -0.157. The van der Waals surface area contributed by atoms with Crippen molar-refractivity contribution < 1.29 is 4.79 Å². The third kappa shape index (κ3) is 4.24. The molecule has 0 radical (unpaired) electrons. The first kappa shape index (κ1) is 11.5. The summed E-state index contributed by atoms with van der Waals surface area (Å²) in [7, 11) is 1.72. The fraction of sp³-hybridized carbons (Fsp3) is 0.800. The molecule has 0 heterocycles. The van der Waals surface area contributed by atoms with Crippen LogP contribution in [-0.2, 0) is 4.79 Å². The SMILES string of the molecule is CC[C@H](NC)C(N)=O.Cl. The molecular formula is C5H13ClN2O. The predicted molar refractivity (Wildman–Crippen MR) is 39.6 cm³/mol. The highest BCUT2D eigenvalue weighted by molar-refractivity contribution is 5.85. The summed E-state index contributed by atoms with van der Waals surface area (Å²) < 4.78 is 0. The van der Waals surface area contributed by atoms with Gasteiger partial charge < -0.3 is 11.1 Å². The second-order valence-electron chi connectivity index (χ2n) is 1.65. The number of likely N-dealkylation sites (N-methyl/N-ethyl adjacent to an activating group) is 1. The molecule has 0 aliphatic carbocycles. The van der Waals surface area contributed by atoms with Gasteiger partial charge in [0.05, 0.1) is 6.04 Å². The Kier molecular flexibility index (Phi) is 7.48. The van der Waals surface area contributed by atoms with E-state index in [0.717, 1.165) is 6.42 Å². The molecule has 4 heteroatoms. The molecule has 0 saturated carbocycles. The number of rotatable bonds is 3. The van der Waals surface area contributed by atoms with E-state index in [-0.39, 0.29) is 24.4 Å². The summed E-state index contributed by atoms with van der Waals surface area (Å²) in [6.45, 7) is 1.91. The highest BCUT2D eigenvalue weighted by atomic mass is 35.5. The second-order valence-corrected chi connectivity index (χ2v) is 1.65. The lowest BCUT2D eigenvalue weighted by molar-refractivity contribution is -0.119. The Morgan fingerprint density at radius 1 is 1.78 bits per heavy atom. The van der Waals surface area contributed by atoms with Crippen LogP contribution in [0.3, 0.4) is 0 Å². The van der Waals surface area contributed by atoms with Gasteiger partial charge in [0.25, 0.3) is 0 Å². The van der Waals surface area contributed by atoms with Crippen LogP contribution in [-0.4, -0.2) is 19.0 Å². The van der Waals surface area contributed by atoms with E-state index in [9.17, 15) is 4.79 Å². The summed E-state index contributed by atoms with van der Waals surface area (Å²) in [6.07, 6.45) is 0.756. The van der Waals surface area contributed by atoms with Crippen LogP contribution in [0.25, 0.3) is 0 Å². The molecule has 0 aromatic heterocycles. The Bertz CT molecular complexity index is 83.0.